The van der Waals surface area contributed by atoms with Crippen LogP contribution in [0, 0.1) is 0 Å². The highest BCUT2D eigenvalue weighted by Crippen LogP contribution is 2.18. The molecule has 13 heavy (non-hydrogen) atoms. The van der Waals surface area contributed by atoms with Crippen molar-refractivity contribution in [1.82, 2.24) is 0 Å². The predicted octanol–water partition coefficient (Wildman–Crippen LogP) is 1.87. The Morgan fingerprint density at radius 2 is 2.08 bits per heavy atom. The molecule has 1 aromatic rings. The number of benzene rings is 1. The summed E-state index contributed by atoms with van der Waals surface area (Å²) >= 11 is 4.24. The highest BCUT2D eigenvalue weighted by atomic mass is 32.1. The number of anilines is 1. The van der Waals surface area contributed by atoms with Gasteiger partial charge in [-0.25, -0.2) is 0 Å². The molecule has 0 fully saturated rings. The van der Waals surface area contributed by atoms with Crippen molar-refractivity contribution in [2.24, 2.45) is 0 Å². The Labute approximate surface area is 84.2 Å². The largest absolute Gasteiger partial charge is 0.398 e. The molecule has 0 heterocycles. The monoisotopic (exact) mass is 197 g/mol. The molecule has 0 unspecified atom stereocenters. The second-order valence-corrected chi connectivity index (χ2v) is 3.56. The van der Waals surface area contributed by atoms with Crippen LogP contribution in [0.25, 0.3) is 0 Å². The van der Waals surface area contributed by atoms with Gasteiger partial charge in [0.05, 0.1) is 0 Å². The number of thiol groups is 1. The summed E-state index contributed by atoms with van der Waals surface area (Å²) in [5.74, 6) is 0. The van der Waals surface area contributed by atoms with Crippen molar-refractivity contribution in [2.45, 2.75) is 24.2 Å². The lowest BCUT2D eigenvalue weighted by Crippen LogP contribution is -1.91. The molecule has 0 aliphatic heterocycles. The molecular weight excluding hydrogens is 182 g/mol. The Kier molecular flexibility index (Phi) is 4.12. The molecule has 3 N–H and O–H groups in total. The number of nitrogen functional groups attached to an aromatic ring is 1. The second kappa shape index (κ2) is 5.14. The van der Waals surface area contributed by atoms with Crippen LogP contribution in [0.5, 0.6) is 0 Å². The van der Waals surface area contributed by atoms with E-state index in [0.717, 1.165) is 24.2 Å². The Morgan fingerprint density at radius 3 is 2.69 bits per heavy atom. The van der Waals surface area contributed by atoms with Crippen molar-refractivity contribution in [3.63, 3.8) is 0 Å². The summed E-state index contributed by atoms with van der Waals surface area (Å²) in [4.78, 5) is 0.835. The maximum atomic E-state index is 8.61. The van der Waals surface area contributed by atoms with E-state index in [-0.39, 0.29) is 6.61 Å². The minimum absolute atomic E-state index is 0.267. The average molecular weight is 197 g/mol. The second-order valence-electron chi connectivity index (χ2n) is 3.07. The van der Waals surface area contributed by atoms with E-state index in [9.17, 15) is 0 Å². The van der Waals surface area contributed by atoms with Gasteiger partial charge in [0, 0.05) is 17.2 Å². The van der Waals surface area contributed by atoms with Crippen molar-refractivity contribution in [3.05, 3.63) is 23.8 Å². The van der Waals surface area contributed by atoms with Crippen molar-refractivity contribution >= 4 is 18.3 Å². The van der Waals surface area contributed by atoms with Crippen LogP contribution >= 0.6 is 12.6 Å². The lowest BCUT2D eigenvalue weighted by Gasteiger charge is -2.03. The predicted molar refractivity (Wildman–Crippen MR) is 58.1 cm³/mol. The molecule has 2 nitrogen and oxygen atoms in total. The lowest BCUT2D eigenvalue weighted by atomic mass is 10.1. The first-order valence-corrected chi connectivity index (χ1v) is 4.87. The molecular formula is C10H15NOS. The Hall–Kier alpha value is -0.670. The van der Waals surface area contributed by atoms with E-state index >= 15 is 0 Å². The molecule has 0 aliphatic carbocycles. The van der Waals surface area contributed by atoms with Crippen molar-refractivity contribution < 1.29 is 5.11 Å². The fourth-order valence-electron chi connectivity index (χ4n) is 1.19. The zero-order valence-corrected chi connectivity index (χ0v) is 8.43. The third-order valence-electron chi connectivity index (χ3n) is 1.97. The summed E-state index contributed by atoms with van der Waals surface area (Å²) in [5, 5.41) is 8.61. The molecule has 0 radical (unpaired) electrons. The van der Waals surface area contributed by atoms with Crippen LogP contribution in [0.3, 0.4) is 0 Å². The summed E-state index contributed by atoms with van der Waals surface area (Å²) in [6, 6.07) is 5.86. The topological polar surface area (TPSA) is 46.2 Å². The van der Waals surface area contributed by atoms with E-state index in [0.29, 0.717) is 5.69 Å². The molecule has 0 saturated carbocycles. The third kappa shape index (κ3) is 3.28. The zero-order chi connectivity index (χ0) is 9.68. The smallest absolute Gasteiger partial charge is 0.0449 e. The van der Waals surface area contributed by atoms with Gasteiger partial charge in [-0.05, 0) is 37.0 Å². The Bertz CT molecular complexity index is 276. The van der Waals surface area contributed by atoms with E-state index in [1.165, 1.54) is 5.56 Å². The van der Waals surface area contributed by atoms with Gasteiger partial charge in [-0.2, -0.15) is 0 Å². The van der Waals surface area contributed by atoms with Gasteiger partial charge in [0.2, 0.25) is 0 Å². The van der Waals surface area contributed by atoms with Crippen LogP contribution in [0.2, 0.25) is 0 Å². The van der Waals surface area contributed by atoms with Gasteiger partial charge in [-0.3, -0.25) is 0 Å². The normalized spacial score (nSPS) is 10.3. The van der Waals surface area contributed by atoms with Gasteiger partial charge in [0.15, 0.2) is 0 Å². The molecule has 72 valence electrons. The van der Waals surface area contributed by atoms with Crippen LogP contribution < -0.4 is 5.73 Å². The number of aryl methyl sites for hydroxylation is 1. The van der Waals surface area contributed by atoms with Crippen LogP contribution in [0.1, 0.15) is 18.4 Å². The minimum Gasteiger partial charge on any atom is -0.398 e. The summed E-state index contributed by atoms with van der Waals surface area (Å²) in [7, 11) is 0. The van der Waals surface area contributed by atoms with Crippen LogP contribution in [-0.4, -0.2) is 11.7 Å². The summed E-state index contributed by atoms with van der Waals surface area (Å²) in [6.45, 7) is 0.267. The zero-order valence-electron chi connectivity index (χ0n) is 7.53. The SMILES string of the molecule is Nc1ccc(CCCCO)cc1S. The van der Waals surface area contributed by atoms with Crippen molar-refractivity contribution in [2.75, 3.05) is 12.3 Å². The molecule has 1 aromatic carbocycles. The molecule has 0 spiro atoms. The maximum absolute atomic E-state index is 8.61. The van der Waals surface area contributed by atoms with E-state index < -0.39 is 0 Å². The fraction of sp³-hybridized carbons (Fsp3) is 0.400. The highest BCUT2D eigenvalue weighted by molar-refractivity contribution is 7.80. The first kappa shape index (κ1) is 10.4. The first-order valence-electron chi connectivity index (χ1n) is 4.42. The minimum atomic E-state index is 0.267. The average Bonchev–Trinajstić information content (AvgIpc) is 2.12. The quantitative estimate of drug-likeness (QED) is 0.392. The van der Waals surface area contributed by atoms with E-state index in [2.05, 4.69) is 12.6 Å². The lowest BCUT2D eigenvalue weighted by molar-refractivity contribution is 0.284. The maximum Gasteiger partial charge on any atom is 0.0449 e. The summed E-state index contributed by atoms with van der Waals surface area (Å²) < 4.78 is 0. The van der Waals surface area contributed by atoms with Crippen LogP contribution in [0.4, 0.5) is 5.69 Å². The molecule has 3 heteroatoms. The van der Waals surface area contributed by atoms with E-state index in [1.807, 2.05) is 18.2 Å². The summed E-state index contributed by atoms with van der Waals surface area (Å²) in [6.07, 6.45) is 2.84. The van der Waals surface area contributed by atoms with E-state index in [4.69, 9.17) is 10.8 Å². The van der Waals surface area contributed by atoms with Gasteiger partial charge in [0.25, 0.3) is 0 Å². The number of aliphatic hydroxyl groups is 1. The molecule has 0 aromatic heterocycles. The number of hydrogen-bond donors (Lipinski definition) is 3. The number of hydrogen-bond acceptors (Lipinski definition) is 3. The molecule has 0 saturated heterocycles. The molecule has 0 amide bonds. The Morgan fingerprint density at radius 1 is 1.31 bits per heavy atom. The first-order chi connectivity index (χ1) is 6.24. The molecule has 1 rings (SSSR count). The number of nitrogens with two attached hydrogens (primary N) is 1. The van der Waals surface area contributed by atoms with E-state index in [1.54, 1.807) is 0 Å². The third-order valence-corrected chi connectivity index (χ3v) is 2.36. The molecule has 0 aliphatic rings. The fourth-order valence-corrected chi connectivity index (χ4v) is 1.43. The molecule has 0 atom stereocenters. The number of unbranched alkanes of at least 4 members (excludes halogenated alkanes) is 1. The standard InChI is InChI=1S/C10H15NOS/c11-9-5-4-8(7-10(9)13)3-1-2-6-12/h4-5,7,12-13H,1-3,6,11H2. The van der Waals surface area contributed by atoms with Crippen molar-refractivity contribution in [3.8, 4) is 0 Å². The van der Waals surface area contributed by atoms with Crippen LogP contribution in [0.15, 0.2) is 23.1 Å². The highest BCUT2D eigenvalue weighted by Gasteiger charge is 1.97. The Balaban J connectivity index is 2.53. The van der Waals surface area contributed by atoms with Crippen LogP contribution in [-0.2, 0) is 6.42 Å². The van der Waals surface area contributed by atoms with Gasteiger partial charge in [-0.1, -0.05) is 6.07 Å². The van der Waals surface area contributed by atoms with Gasteiger partial charge in [0.1, 0.15) is 0 Å². The van der Waals surface area contributed by atoms with Crippen molar-refractivity contribution in [1.29, 1.82) is 0 Å². The molecule has 0 bridgehead atoms. The number of rotatable bonds is 4. The van der Waals surface area contributed by atoms with Gasteiger partial charge < -0.3 is 10.8 Å². The van der Waals surface area contributed by atoms with Gasteiger partial charge in [-0.15, -0.1) is 12.6 Å². The number of aliphatic hydroxyl groups excluding tert-OH is 1. The van der Waals surface area contributed by atoms with Gasteiger partial charge >= 0.3 is 0 Å². The summed E-state index contributed by atoms with van der Waals surface area (Å²) in [5.41, 5.74) is 7.57.